The molecule has 1 amide bonds. The number of nitrogens with one attached hydrogen (secondary N) is 1. The molecule has 2 aromatic rings. The Kier molecular flexibility index (Phi) is 4.82. The number of halogens is 2. The molecule has 6 heteroatoms. The highest BCUT2D eigenvalue weighted by Crippen LogP contribution is 2.23. The molecule has 1 N–H and O–H groups in total. The summed E-state index contributed by atoms with van der Waals surface area (Å²) in [5.41, 5.74) is 0.686. The lowest BCUT2D eigenvalue weighted by molar-refractivity contribution is -0.121. The molecule has 0 aliphatic heterocycles. The molecule has 1 atom stereocenters. The largest absolute Gasteiger partial charge is 0.358 e. The Balaban J connectivity index is 2.36. The first kappa shape index (κ1) is 16.3. The lowest BCUT2D eigenvalue weighted by atomic mass is 9.95. The molecule has 0 aromatic heterocycles. The van der Waals surface area contributed by atoms with E-state index in [2.05, 4.69) is 5.32 Å². The Hall–Kier alpha value is -3.07. The lowest BCUT2D eigenvalue weighted by Gasteiger charge is -2.09. The molecular formula is C17H12F2N2O2. The highest BCUT2D eigenvalue weighted by molar-refractivity contribution is 6.12. The number of nitriles is 1. The number of hydrogen-bond acceptors (Lipinski definition) is 3. The van der Waals surface area contributed by atoms with Crippen LogP contribution < -0.4 is 5.32 Å². The van der Waals surface area contributed by atoms with E-state index in [0.29, 0.717) is 11.1 Å². The standard InChI is InChI=1S/C17H12F2N2O2/c1-21-17(23)14(9-20)16(22)13-7-4-11(8-15(13)19)10-2-5-12(18)6-3-10/h2-8,14H,1H3,(H,21,23). The Morgan fingerprint density at radius 3 is 2.22 bits per heavy atom. The molecule has 0 heterocycles. The molecule has 116 valence electrons. The first-order valence-electron chi connectivity index (χ1n) is 6.69. The summed E-state index contributed by atoms with van der Waals surface area (Å²) in [4.78, 5) is 23.6. The molecule has 0 aliphatic carbocycles. The van der Waals surface area contributed by atoms with Gasteiger partial charge in [-0.2, -0.15) is 5.26 Å². The molecule has 0 radical (unpaired) electrons. The second-order valence-corrected chi connectivity index (χ2v) is 4.74. The molecule has 2 aromatic carbocycles. The third-order valence-electron chi connectivity index (χ3n) is 3.31. The van der Waals surface area contributed by atoms with Crippen LogP contribution in [-0.4, -0.2) is 18.7 Å². The summed E-state index contributed by atoms with van der Waals surface area (Å²) in [6.45, 7) is 0. The zero-order chi connectivity index (χ0) is 17.0. The normalized spacial score (nSPS) is 11.4. The van der Waals surface area contributed by atoms with Gasteiger partial charge in [-0.25, -0.2) is 8.78 Å². The molecule has 0 aliphatic rings. The molecule has 2 rings (SSSR count). The zero-order valence-electron chi connectivity index (χ0n) is 12.1. The Morgan fingerprint density at radius 2 is 1.70 bits per heavy atom. The Bertz CT molecular complexity index is 795. The molecule has 4 nitrogen and oxygen atoms in total. The maximum Gasteiger partial charge on any atom is 0.245 e. The predicted molar refractivity (Wildman–Crippen MR) is 79.3 cm³/mol. The van der Waals surface area contributed by atoms with Crippen LogP contribution in [0.15, 0.2) is 42.5 Å². The summed E-state index contributed by atoms with van der Waals surface area (Å²) in [5, 5.41) is 11.1. The molecule has 0 saturated heterocycles. The highest BCUT2D eigenvalue weighted by atomic mass is 19.1. The second-order valence-electron chi connectivity index (χ2n) is 4.74. The van der Waals surface area contributed by atoms with Crippen LogP contribution in [0.2, 0.25) is 0 Å². The van der Waals surface area contributed by atoms with Crippen LogP contribution in [0.25, 0.3) is 11.1 Å². The topological polar surface area (TPSA) is 70.0 Å². The van der Waals surface area contributed by atoms with Crippen molar-refractivity contribution in [3.8, 4) is 17.2 Å². The smallest absolute Gasteiger partial charge is 0.245 e. The Morgan fingerprint density at radius 1 is 1.09 bits per heavy atom. The SMILES string of the molecule is CNC(=O)C(C#N)C(=O)c1ccc(-c2ccc(F)cc2)cc1F. The van der Waals surface area contributed by atoms with Crippen molar-refractivity contribution in [2.45, 2.75) is 0 Å². The van der Waals surface area contributed by atoms with Crippen molar-refractivity contribution in [3.05, 3.63) is 59.7 Å². The van der Waals surface area contributed by atoms with Crippen molar-refractivity contribution in [1.82, 2.24) is 5.32 Å². The van der Waals surface area contributed by atoms with Crippen LogP contribution in [-0.2, 0) is 4.79 Å². The summed E-state index contributed by atoms with van der Waals surface area (Å²) < 4.78 is 27.1. The first-order valence-corrected chi connectivity index (χ1v) is 6.69. The van der Waals surface area contributed by atoms with Gasteiger partial charge in [-0.15, -0.1) is 0 Å². The van der Waals surface area contributed by atoms with Crippen molar-refractivity contribution in [1.29, 1.82) is 5.26 Å². The van der Waals surface area contributed by atoms with Gasteiger partial charge in [-0.3, -0.25) is 9.59 Å². The molecule has 1 unspecified atom stereocenters. The van der Waals surface area contributed by atoms with Crippen LogP contribution in [0, 0.1) is 28.9 Å². The van der Waals surface area contributed by atoms with Crippen LogP contribution in [0.4, 0.5) is 8.78 Å². The van der Waals surface area contributed by atoms with Gasteiger partial charge in [0.25, 0.3) is 0 Å². The van der Waals surface area contributed by atoms with Crippen molar-refractivity contribution in [2.24, 2.45) is 5.92 Å². The number of rotatable bonds is 4. The fourth-order valence-electron chi connectivity index (χ4n) is 2.07. The van der Waals surface area contributed by atoms with Gasteiger partial charge in [0.05, 0.1) is 11.6 Å². The van der Waals surface area contributed by atoms with E-state index in [0.717, 1.165) is 6.07 Å². The number of ketones is 1. The number of nitrogens with zero attached hydrogens (tertiary/aromatic N) is 1. The van der Waals surface area contributed by atoms with Crippen LogP contribution >= 0.6 is 0 Å². The van der Waals surface area contributed by atoms with E-state index in [-0.39, 0.29) is 5.56 Å². The third kappa shape index (κ3) is 3.40. The average molecular weight is 314 g/mol. The zero-order valence-corrected chi connectivity index (χ0v) is 12.1. The van der Waals surface area contributed by atoms with Gasteiger partial charge in [0.15, 0.2) is 11.7 Å². The minimum Gasteiger partial charge on any atom is -0.358 e. The molecular weight excluding hydrogens is 302 g/mol. The van der Waals surface area contributed by atoms with Gasteiger partial charge in [-0.1, -0.05) is 18.2 Å². The summed E-state index contributed by atoms with van der Waals surface area (Å²) in [6, 6.07) is 10.8. The van der Waals surface area contributed by atoms with E-state index in [1.165, 1.54) is 43.4 Å². The minimum atomic E-state index is -1.61. The summed E-state index contributed by atoms with van der Waals surface area (Å²) in [5.74, 6) is -4.56. The monoisotopic (exact) mass is 314 g/mol. The number of carbonyl (C=O) groups excluding carboxylic acids is 2. The number of benzene rings is 2. The molecule has 23 heavy (non-hydrogen) atoms. The van der Waals surface area contributed by atoms with E-state index in [4.69, 9.17) is 5.26 Å². The highest BCUT2D eigenvalue weighted by Gasteiger charge is 2.28. The van der Waals surface area contributed by atoms with Gasteiger partial charge in [0.2, 0.25) is 5.91 Å². The maximum absolute atomic E-state index is 14.2. The van der Waals surface area contributed by atoms with Crippen molar-refractivity contribution >= 4 is 11.7 Å². The molecule has 0 bridgehead atoms. The fourth-order valence-corrected chi connectivity index (χ4v) is 2.07. The number of Topliss-reactive ketones (excluding diaryl/α,β-unsaturated/α-hetero) is 1. The summed E-state index contributed by atoms with van der Waals surface area (Å²) in [7, 11) is 1.29. The van der Waals surface area contributed by atoms with Crippen LogP contribution in [0.1, 0.15) is 10.4 Å². The predicted octanol–water partition coefficient (Wildman–Crippen LogP) is 2.70. The van der Waals surface area contributed by atoms with E-state index in [1.54, 1.807) is 6.07 Å². The van der Waals surface area contributed by atoms with Crippen molar-refractivity contribution < 1.29 is 18.4 Å². The molecule has 0 spiro atoms. The van der Waals surface area contributed by atoms with Gasteiger partial charge < -0.3 is 5.32 Å². The molecule has 0 saturated carbocycles. The third-order valence-corrected chi connectivity index (χ3v) is 3.31. The lowest BCUT2D eigenvalue weighted by Crippen LogP contribution is -2.32. The average Bonchev–Trinajstić information content (AvgIpc) is 2.55. The van der Waals surface area contributed by atoms with E-state index in [9.17, 15) is 18.4 Å². The van der Waals surface area contributed by atoms with Gasteiger partial charge in [0.1, 0.15) is 11.6 Å². The van der Waals surface area contributed by atoms with Crippen LogP contribution in [0.3, 0.4) is 0 Å². The van der Waals surface area contributed by atoms with Gasteiger partial charge in [-0.05, 0) is 35.4 Å². The first-order chi connectivity index (χ1) is 11.0. The summed E-state index contributed by atoms with van der Waals surface area (Å²) in [6.07, 6.45) is 0. The van der Waals surface area contributed by atoms with E-state index >= 15 is 0 Å². The van der Waals surface area contributed by atoms with Crippen LogP contribution in [0.5, 0.6) is 0 Å². The quantitative estimate of drug-likeness (QED) is 0.697. The number of amides is 1. The maximum atomic E-state index is 14.2. The van der Waals surface area contributed by atoms with Gasteiger partial charge >= 0.3 is 0 Å². The van der Waals surface area contributed by atoms with Crippen molar-refractivity contribution in [3.63, 3.8) is 0 Å². The van der Waals surface area contributed by atoms with Gasteiger partial charge in [0, 0.05) is 7.05 Å². The van der Waals surface area contributed by atoms with E-state index in [1.807, 2.05) is 0 Å². The number of hydrogen-bond donors (Lipinski definition) is 1. The number of carbonyl (C=O) groups is 2. The molecule has 0 fully saturated rings. The second kappa shape index (κ2) is 6.79. The van der Waals surface area contributed by atoms with Crippen molar-refractivity contribution in [2.75, 3.05) is 7.05 Å². The fraction of sp³-hybridized carbons (Fsp3) is 0.118. The Labute approximate surface area is 131 Å². The summed E-state index contributed by atoms with van der Waals surface area (Å²) >= 11 is 0. The van der Waals surface area contributed by atoms with E-state index < -0.39 is 29.2 Å². The minimum absolute atomic E-state index is 0.342.